The molecule has 0 saturated heterocycles. The van der Waals surface area contributed by atoms with Crippen LogP contribution in [0.1, 0.15) is 25.7 Å². The van der Waals surface area contributed by atoms with E-state index in [9.17, 15) is 0 Å². The second-order valence-electron chi connectivity index (χ2n) is 5.51. The first-order valence-corrected chi connectivity index (χ1v) is 6.87. The minimum atomic E-state index is 0.365. The molecule has 0 aromatic carbocycles. The van der Waals surface area contributed by atoms with Gasteiger partial charge in [0.2, 0.25) is 0 Å². The van der Waals surface area contributed by atoms with Crippen molar-refractivity contribution in [1.29, 1.82) is 0 Å². The highest BCUT2D eigenvalue weighted by molar-refractivity contribution is 5.96. The number of rotatable bonds is 2. The first kappa shape index (κ1) is 12.3. The molecular formula is C14H21N5. The maximum Gasteiger partial charge on any atom is 0.141 e. The Morgan fingerprint density at radius 1 is 1.32 bits per heavy atom. The number of pyridine rings is 1. The fourth-order valence-electron chi connectivity index (χ4n) is 2.86. The Labute approximate surface area is 113 Å². The number of aromatic nitrogens is 2. The van der Waals surface area contributed by atoms with Gasteiger partial charge in [-0.1, -0.05) is 0 Å². The summed E-state index contributed by atoms with van der Waals surface area (Å²) in [5, 5.41) is 4.69. The number of hydrogen-bond acceptors (Lipinski definition) is 4. The second kappa shape index (κ2) is 4.74. The normalized spacial score (nSPS) is 23.7. The zero-order valence-electron chi connectivity index (χ0n) is 11.3. The summed E-state index contributed by atoms with van der Waals surface area (Å²) in [6.45, 7) is 0. The fourth-order valence-corrected chi connectivity index (χ4v) is 2.86. The monoisotopic (exact) mass is 259 g/mol. The Kier molecular flexibility index (Phi) is 3.06. The molecular weight excluding hydrogens is 238 g/mol. The van der Waals surface area contributed by atoms with E-state index in [0.29, 0.717) is 17.8 Å². The molecule has 0 atom stereocenters. The highest BCUT2D eigenvalue weighted by atomic mass is 15.0. The largest absolute Gasteiger partial charge is 0.396 e. The van der Waals surface area contributed by atoms with Crippen molar-refractivity contribution < 1.29 is 0 Å². The lowest BCUT2D eigenvalue weighted by molar-refractivity contribution is 0.411. The summed E-state index contributed by atoms with van der Waals surface area (Å²) >= 11 is 0. The van der Waals surface area contributed by atoms with Crippen molar-refractivity contribution in [3.8, 4) is 0 Å². The van der Waals surface area contributed by atoms with E-state index in [1.54, 1.807) is 6.20 Å². The third kappa shape index (κ3) is 2.26. The molecule has 0 bridgehead atoms. The number of anilines is 2. The lowest BCUT2D eigenvalue weighted by atomic mass is 9.91. The van der Waals surface area contributed by atoms with Crippen LogP contribution in [-0.2, 0) is 7.05 Å². The Balaban J connectivity index is 1.89. The number of fused-ring (bicyclic) bond motifs is 1. The summed E-state index contributed by atoms with van der Waals surface area (Å²) in [4.78, 5) is 4.38. The van der Waals surface area contributed by atoms with Gasteiger partial charge in [0.15, 0.2) is 0 Å². The molecule has 1 fully saturated rings. The van der Waals surface area contributed by atoms with Crippen molar-refractivity contribution in [2.75, 3.05) is 11.1 Å². The van der Waals surface area contributed by atoms with Gasteiger partial charge < -0.3 is 21.4 Å². The molecule has 5 heteroatoms. The Morgan fingerprint density at radius 2 is 2.05 bits per heavy atom. The van der Waals surface area contributed by atoms with Crippen LogP contribution in [0.25, 0.3) is 11.0 Å². The molecule has 2 aromatic rings. The molecule has 19 heavy (non-hydrogen) atoms. The standard InChI is InChI=1S/C14H21N5/c1-19-7-6-11-13(12(16)8-17-14(11)19)18-10-4-2-9(15)3-5-10/h6-10H,2-5,15-16H2,1H3,(H,17,18). The number of nitrogen functional groups attached to an aromatic ring is 1. The molecule has 0 radical (unpaired) electrons. The Bertz CT molecular complexity index is 581. The fraction of sp³-hybridized carbons (Fsp3) is 0.500. The molecule has 0 unspecified atom stereocenters. The highest BCUT2D eigenvalue weighted by Gasteiger charge is 2.20. The quantitative estimate of drug-likeness (QED) is 0.768. The summed E-state index contributed by atoms with van der Waals surface area (Å²) in [6.07, 6.45) is 8.13. The van der Waals surface area contributed by atoms with Gasteiger partial charge in [-0.15, -0.1) is 0 Å². The zero-order chi connectivity index (χ0) is 13.4. The van der Waals surface area contributed by atoms with E-state index >= 15 is 0 Å². The van der Waals surface area contributed by atoms with Crippen LogP contribution >= 0.6 is 0 Å². The minimum Gasteiger partial charge on any atom is -0.396 e. The average molecular weight is 259 g/mol. The number of nitrogens with two attached hydrogens (primary N) is 2. The van der Waals surface area contributed by atoms with Crippen molar-refractivity contribution >= 4 is 22.4 Å². The summed E-state index contributed by atoms with van der Waals surface area (Å²) in [6, 6.07) is 2.90. The van der Waals surface area contributed by atoms with Crippen LogP contribution in [0.4, 0.5) is 11.4 Å². The maximum absolute atomic E-state index is 6.08. The SMILES string of the molecule is Cn1ccc2c(NC3CCC(N)CC3)c(N)cnc21. The first-order chi connectivity index (χ1) is 9.15. The molecule has 1 aliphatic rings. The van der Waals surface area contributed by atoms with Crippen LogP contribution in [0.2, 0.25) is 0 Å². The second-order valence-corrected chi connectivity index (χ2v) is 5.51. The minimum absolute atomic E-state index is 0.365. The zero-order valence-corrected chi connectivity index (χ0v) is 11.3. The molecule has 5 nitrogen and oxygen atoms in total. The van der Waals surface area contributed by atoms with Crippen LogP contribution in [0.3, 0.4) is 0 Å². The van der Waals surface area contributed by atoms with Crippen LogP contribution in [0.5, 0.6) is 0 Å². The molecule has 2 heterocycles. The van der Waals surface area contributed by atoms with Crippen molar-refractivity contribution in [2.24, 2.45) is 12.8 Å². The van der Waals surface area contributed by atoms with Gasteiger partial charge in [0.25, 0.3) is 0 Å². The summed E-state index contributed by atoms with van der Waals surface area (Å²) < 4.78 is 2.01. The third-order valence-corrected chi connectivity index (χ3v) is 4.04. The van der Waals surface area contributed by atoms with E-state index in [2.05, 4.69) is 16.4 Å². The Morgan fingerprint density at radius 3 is 2.79 bits per heavy atom. The third-order valence-electron chi connectivity index (χ3n) is 4.04. The van der Waals surface area contributed by atoms with E-state index in [1.807, 2.05) is 17.8 Å². The molecule has 0 spiro atoms. The van der Waals surface area contributed by atoms with Crippen LogP contribution in [0, 0.1) is 0 Å². The molecule has 1 saturated carbocycles. The maximum atomic E-state index is 6.08. The molecule has 0 aliphatic heterocycles. The van der Waals surface area contributed by atoms with Gasteiger partial charge in [-0.05, 0) is 31.7 Å². The molecule has 3 rings (SSSR count). The van der Waals surface area contributed by atoms with E-state index in [4.69, 9.17) is 11.5 Å². The lowest BCUT2D eigenvalue weighted by Crippen LogP contribution is -2.33. The number of nitrogens with one attached hydrogen (secondary N) is 1. The highest BCUT2D eigenvalue weighted by Crippen LogP contribution is 2.31. The Hall–Kier alpha value is -1.75. The number of nitrogens with zero attached hydrogens (tertiary/aromatic N) is 2. The summed E-state index contributed by atoms with van der Waals surface area (Å²) in [5.74, 6) is 0. The molecule has 2 aromatic heterocycles. The number of aryl methyl sites for hydroxylation is 1. The predicted molar refractivity (Wildman–Crippen MR) is 79.0 cm³/mol. The van der Waals surface area contributed by atoms with E-state index < -0.39 is 0 Å². The topological polar surface area (TPSA) is 81.9 Å². The van der Waals surface area contributed by atoms with Gasteiger partial charge in [-0.25, -0.2) is 4.98 Å². The van der Waals surface area contributed by atoms with E-state index in [0.717, 1.165) is 42.4 Å². The van der Waals surface area contributed by atoms with Gasteiger partial charge in [-0.2, -0.15) is 0 Å². The van der Waals surface area contributed by atoms with Crippen LogP contribution in [-0.4, -0.2) is 21.6 Å². The van der Waals surface area contributed by atoms with Crippen LogP contribution in [0.15, 0.2) is 18.5 Å². The van der Waals surface area contributed by atoms with Crippen LogP contribution < -0.4 is 16.8 Å². The molecule has 1 aliphatic carbocycles. The average Bonchev–Trinajstić information content (AvgIpc) is 2.77. The van der Waals surface area contributed by atoms with Gasteiger partial charge in [-0.3, -0.25) is 0 Å². The van der Waals surface area contributed by atoms with Crippen molar-refractivity contribution in [3.05, 3.63) is 18.5 Å². The summed E-state index contributed by atoms with van der Waals surface area (Å²) in [5.41, 5.74) is 14.7. The van der Waals surface area contributed by atoms with Gasteiger partial charge in [0, 0.05) is 30.7 Å². The van der Waals surface area contributed by atoms with E-state index in [1.165, 1.54) is 0 Å². The molecule has 102 valence electrons. The van der Waals surface area contributed by atoms with Gasteiger partial charge in [0.05, 0.1) is 17.6 Å². The van der Waals surface area contributed by atoms with Gasteiger partial charge in [0.1, 0.15) is 5.65 Å². The van der Waals surface area contributed by atoms with Crippen molar-refractivity contribution in [2.45, 2.75) is 37.8 Å². The number of hydrogen-bond donors (Lipinski definition) is 3. The smallest absolute Gasteiger partial charge is 0.141 e. The van der Waals surface area contributed by atoms with Crippen molar-refractivity contribution in [1.82, 2.24) is 9.55 Å². The van der Waals surface area contributed by atoms with Gasteiger partial charge >= 0.3 is 0 Å². The van der Waals surface area contributed by atoms with Crippen molar-refractivity contribution in [3.63, 3.8) is 0 Å². The lowest BCUT2D eigenvalue weighted by Gasteiger charge is -2.28. The van der Waals surface area contributed by atoms with E-state index in [-0.39, 0.29) is 0 Å². The molecule has 5 N–H and O–H groups in total. The molecule has 0 amide bonds. The predicted octanol–water partition coefficient (Wildman–Crippen LogP) is 1.84. The first-order valence-electron chi connectivity index (χ1n) is 6.87. The summed E-state index contributed by atoms with van der Waals surface area (Å²) in [7, 11) is 1.99.